The number of carbonyl (C=O) groups is 1. The van der Waals surface area contributed by atoms with E-state index in [-0.39, 0.29) is 11.9 Å². The molecule has 2 aliphatic rings. The molecule has 2 aromatic rings. The third-order valence-corrected chi connectivity index (χ3v) is 5.60. The number of halogens is 1. The first kappa shape index (κ1) is 16.6. The number of aromatic nitrogens is 3. The maximum absolute atomic E-state index is 13.2. The Balaban J connectivity index is 1.67. The molecule has 0 spiro atoms. The van der Waals surface area contributed by atoms with Gasteiger partial charge >= 0.3 is 0 Å². The van der Waals surface area contributed by atoms with E-state index >= 15 is 0 Å². The molecule has 1 atom stereocenters. The zero-order valence-corrected chi connectivity index (χ0v) is 15.3. The summed E-state index contributed by atoms with van der Waals surface area (Å²) in [5.41, 5.74) is 1.65. The number of likely N-dealkylation sites (tertiary alicyclic amines) is 1. The fourth-order valence-corrected chi connectivity index (χ4v) is 4.27. The van der Waals surface area contributed by atoms with E-state index < -0.39 is 0 Å². The number of piperidine rings is 1. The largest absolute Gasteiger partial charge is 0.328 e. The summed E-state index contributed by atoms with van der Waals surface area (Å²) in [5, 5.41) is 9.53. The van der Waals surface area contributed by atoms with E-state index in [1.807, 2.05) is 24.0 Å². The number of hydrogen-bond donors (Lipinski definition) is 0. The first-order valence-electron chi connectivity index (χ1n) is 9.14. The number of carbonyl (C=O) groups excluding carboxylic acids is 1. The first-order valence-corrected chi connectivity index (χ1v) is 9.52. The molecule has 1 aromatic carbocycles. The van der Waals surface area contributed by atoms with Crippen LogP contribution in [0.2, 0.25) is 5.02 Å². The van der Waals surface area contributed by atoms with Crippen LogP contribution in [0.15, 0.2) is 18.2 Å². The van der Waals surface area contributed by atoms with Gasteiger partial charge in [-0.15, -0.1) is 10.2 Å². The standard InChI is InChI=1S/C19H23ClN4O/c1-13-12-14(20)8-9-15(13)19(25)23-10-4-2-6-16(23)18-22-21-17-7-3-5-11-24(17)18/h8-9,12,16H,2-7,10-11H2,1H3. The van der Waals surface area contributed by atoms with Crippen LogP contribution in [-0.4, -0.2) is 32.1 Å². The topological polar surface area (TPSA) is 51.0 Å². The van der Waals surface area contributed by atoms with Crippen molar-refractivity contribution in [2.45, 2.75) is 58.0 Å². The minimum absolute atomic E-state index is 0.0238. The second-order valence-electron chi connectivity index (χ2n) is 7.05. The van der Waals surface area contributed by atoms with Crippen LogP contribution in [0, 0.1) is 6.92 Å². The van der Waals surface area contributed by atoms with E-state index in [1.165, 1.54) is 6.42 Å². The molecule has 5 nitrogen and oxygen atoms in total. The Bertz CT molecular complexity index is 801. The molecule has 0 saturated carbocycles. The average molecular weight is 359 g/mol. The smallest absolute Gasteiger partial charge is 0.254 e. The molecule has 4 rings (SSSR count). The highest BCUT2D eigenvalue weighted by molar-refractivity contribution is 6.30. The number of hydrogen-bond acceptors (Lipinski definition) is 3. The summed E-state index contributed by atoms with van der Waals surface area (Å²) in [6, 6.07) is 5.51. The summed E-state index contributed by atoms with van der Waals surface area (Å²) >= 11 is 6.05. The summed E-state index contributed by atoms with van der Waals surface area (Å²) in [7, 11) is 0. The molecule has 1 fully saturated rings. The molecular weight excluding hydrogens is 336 g/mol. The molecule has 1 saturated heterocycles. The molecular formula is C19H23ClN4O. The average Bonchev–Trinajstić information content (AvgIpc) is 3.05. The lowest BCUT2D eigenvalue weighted by molar-refractivity contribution is 0.0593. The fourth-order valence-electron chi connectivity index (χ4n) is 4.04. The number of benzene rings is 1. The molecule has 25 heavy (non-hydrogen) atoms. The zero-order chi connectivity index (χ0) is 17.4. The second kappa shape index (κ2) is 6.79. The van der Waals surface area contributed by atoms with Crippen molar-refractivity contribution in [1.82, 2.24) is 19.7 Å². The number of fused-ring (bicyclic) bond motifs is 1. The number of aryl methyl sites for hydroxylation is 2. The van der Waals surface area contributed by atoms with Crippen molar-refractivity contribution in [2.75, 3.05) is 6.54 Å². The van der Waals surface area contributed by atoms with E-state index in [0.717, 1.165) is 68.0 Å². The van der Waals surface area contributed by atoms with E-state index in [0.29, 0.717) is 5.02 Å². The van der Waals surface area contributed by atoms with E-state index in [4.69, 9.17) is 11.6 Å². The van der Waals surface area contributed by atoms with Gasteiger partial charge in [-0.25, -0.2) is 0 Å². The van der Waals surface area contributed by atoms with Crippen LogP contribution in [0.25, 0.3) is 0 Å². The minimum Gasteiger partial charge on any atom is -0.328 e. The van der Waals surface area contributed by atoms with Crippen LogP contribution in [-0.2, 0) is 13.0 Å². The highest BCUT2D eigenvalue weighted by Gasteiger charge is 2.33. The Hall–Kier alpha value is -1.88. The van der Waals surface area contributed by atoms with Crippen LogP contribution in [0.3, 0.4) is 0 Å². The van der Waals surface area contributed by atoms with Gasteiger partial charge < -0.3 is 9.47 Å². The van der Waals surface area contributed by atoms with Gasteiger partial charge in [-0.1, -0.05) is 11.6 Å². The van der Waals surface area contributed by atoms with Crippen LogP contribution in [0.5, 0.6) is 0 Å². The SMILES string of the molecule is Cc1cc(Cl)ccc1C(=O)N1CCCCC1c1nnc2n1CCCC2. The molecule has 0 N–H and O–H groups in total. The fraction of sp³-hybridized carbons (Fsp3) is 0.526. The van der Waals surface area contributed by atoms with Crippen LogP contribution < -0.4 is 0 Å². The molecule has 3 heterocycles. The minimum atomic E-state index is 0.0238. The van der Waals surface area contributed by atoms with Crippen molar-refractivity contribution in [3.63, 3.8) is 0 Å². The van der Waals surface area contributed by atoms with Gasteiger partial charge in [0, 0.05) is 30.1 Å². The van der Waals surface area contributed by atoms with Gasteiger partial charge in [-0.2, -0.15) is 0 Å². The van der Waals surface area contributed by atoms with Gasteiger partial charge in [-0.3, -0.25) is 4.79 Å². The van der Waals surface area contributed by atoms with Gasteiger partial charge in [0.25, 0.3) is 5.91 Å². The molecule has 132 valence electrons. The molecule has 0 bridgehead atoms. The summed E-state index contributed by atoms with van der Waals surface area (Å²) < 4.78 is 2.24. The molecule has 1 unspecified atom stereocenters. The predicted octanol–water partition coefficient (Wildman–Crippen LogP) is 3.94. The molecule has 2 aliphatic heterocycles. The highest BCUT2D eigenvalue weighted by Crippen LogP contribution is 2.33. The predicted molar refractivity (Wildman–Crippen MR) is 96.8 cm³/mol. The summed E-state index contributed by atoms with van der Waals surface area (Å²) in [6.45, 7) is 3.68. The molecule has 1 amide bonds. The van der Waals surface area contributed by atoms with Crippen molar-refractivity contribution in [3.05, 3.63) is 46.0 Å². The highest BCUT2D eigenvalue weighted by atomic mass is 35.5. The molecule has 6 heteroatoms. The van der Waals surface area contributed by atoms with Crippen LogP contribution >= 0.6 is 11.6 Å². The van der Waals surface area contributed by atoms with Crippen molar-refractivity contribution >= 4 is 17.5 Å². The number of amides is 1. The second-order valence-corrected chi connectivity index (χ2v) is 7.49. The maximum atomic E-state index is 13.2. The first-order chi connectivity index (χ1) is 12.1. The lowest BCUT2D eigenvalue weighted by Gasteiger charge is -2.36. The Kier molecular flexibility index (Phi) is 4.50. The van der Waals surface area contributed by atoms with E-state index in [1.54, 1.807) is 6.07 Å². The third-order valence-electron chi connectivity index (χ3n) is 5.37. The monoisotopic (exact) mass is 358 g/mol. The third kappa shape index (κ3) is 3.06. The van der Waals surface area contributed by atoms with Crippen LogP contribution in [0.1, 0.15) is 65.7 Å². The Labute approximate surface area is 153 Å². The maximum Gasteiger partial charge on any atom is 0.254 e. The van der Waals surface area contributed by atoms with Gasteiger partial charge in [0.15, 0.2) is 5.82 Å². The van der Waals surface area contributed by atoms with Crippen molar-refractivity contribution in [1.29, 1.82) is 0 Å². The quantitative estimate of drug-likeness (QED) is 0.816. The zero-order valence-electron chi connectivity index (χ0n) is 14.5. The lowest BCUT2D eigenvalue weighted by Crippen LogP contribution is -2.40. The lowest BCUT2D eigenvalue weighted by atomic mass is 9.98. The molecule has 1 aromatic heterocycles. The van der Waals surface area contributed by atoms with Gasteiger partial charge in [0.2, 0.25) is 0 Å². The normalized spacial score (nSPS) is 20.4. The van der Waals surface area contributed by atoms with Crippen molar-refractivity contribution in [2.24, 2.45) is 0 Å². The Morgan fingerprint density at radius 2 is 2.00 bits per heavy atom. The molecule has 0 aliphatic carbocycles. The van der Waals surface area contributed by atoms with E-state index in [2.05, 4.69) is 14.8 Å². The van der Waals surface area contributed by atoms with Crippen molar-refractivity contribution < 1.29 is 4.79 Å². The Morgan fingerprint density at radius 1 is 1.16 bits per heavy atom. The number of nitrogens with zero attached hydrogens (tertiary/aromatic N) is 4. The van der Waals surface area contributed by atoms with Gasteiger partial charge in [-0.05, 0) is 62.8 Å². The Morgan fingerprint density at radius 3 is 2.84 bits per heavy atom. The van der Waals surface area contributed by atoms with Crippen molar-refractivity contribution in [3.8, 4) is 0 Å². The summed E-state index contributed by atoms with van der Waals surface area (Å²) in [5.74, 6) is 2.11. The van der Waals surface area contributed by atoms with Gasteiger partial charge in [0.05, 0.1) is 6.04 Å². The van der Waals surface area contributed by atoms with Gasteiger partial charge in [0.1, 0.15) is 5.82 Å². The summed E-state index contributed by atoms with van der Waals surface area (Å²) in [4.78, 5) is 15.2. The summed E-state index contributed by atoms with van der Waals surface area (Å²) in [6.07, 6.45) is 6.44. The number of rotatable bonds is 2. The molecule has 0 radical (unpaired) electrons. The van der Waals surface area contributed by atoms with E-state index in [9.17, 15) is 4.79 Å². The van der Waals surface area contributed by atoms with Crippen LogP contribution in [0.4, 0.5) is 0 Å².